The number of nitrogens with zero attached hydrogens (tertiary/aromatic N) is 1. The molecular weight excluding hydrogens is 318 g/mol. The topological polar surface area (TPSA) is 100 Å². The molecule has 1 rings (SSSR count). The van der Waals surface area contributed by atoms with Gasteiger partial charge in [-0.25, -0.2) is 14.4 Å². The normalized spacial score (nSPS) is 21.2. The number of esters is 3. The summed E-state index contributed by atoms with van der Waals surface area (Å²) in [6, 6.07) is 0. The van der Waals surface area contributed by atoms with Crippen molar-refractivity contribution in [3.8, 4) is 0 Å². The minimum Gasteiger partial charge on any atom is -0.465 e. The third-order valence-electron chi connectivity index (χ3n) is 3.63. The van der Waals surface area contributed by atoms with E-state index >= 15 is 0 Å². The van der Waals surface area contributed by atoms with Gasteiger partial charge in [0.2, 0.25) is 0 Å². The van der Waals surface area contributed by atoms with Crippen LogP contribution in [0.15, 0.2) is 16.1 Å². The maximum atomic E-state index is 12.2. The highest BCUT2D eigenvalue weighted by Gasteiger charge is 2.54. The van der Waals surface area contributed by atoms with Crippen LogP contribution in [0, 0.1) is 0 Å². The largest absolute Gasteiger partial charge is 0.465 e. The standard InChI is InChI=1S/C16H23NO7/c1-7-15(3,4)17-9-16(23-8-2)11(14(20)22-6)10(12(18)21-5)13(19)24-16/h9H,7-8H2,1-6H3. The molecule has 0 aromatic heterocycles. The Balaban J connectivity index is 3.57. The van der Waals surface area contributed by atoms with Gasteiger partial charge in [0.05, 0.1) is 26.0 Å². The molecular formula is C16H23NO7. The molecule has 0 aliphatic carbocycles. The number of carbonyl (C=O) groups is 3. The van der Waals surface area contributed by atoms with E-state index in [0.717, 1.165) is 14.2 Å². The Morgan fingerprint density at radius 2 is 1.79 bits per heavy atom. The zero-order valence-electron chi connectivity index (χ0n) is 14.8. The average molecular weight is 341 g/mol. The van der Waals surface area contributed by atoms with E-state index < -0.39 is 34.8 Å². The molecule has 0 bridgehead atoms. The Morgan fingerprint density at radius 3 is 2.25 bits per heavy atom. The molecule has 8 heteroatoms. The van der Waals surface area contributed by atoms with Crippen LogP contribution >= 0.6 is 0 Å². The molecule has 0 saturated heterocycles. The number of ether oxygens (including phenoxy) is 4. The summed E-state index contributed by atoms with van der Waals surface area (Å²) in [7, 11) is 2.21. The molecule has 0 spiro atoms. The second-order valence-electron chi connectivity index (χ2n) is 5.65. The highest BCUT2D eigenvalue weighted by molar-refractivity contribution is 6.23. The molecule has 0 N–H and O–H groups in total. The highest BCUT2D eigenvalue weighted by atomic mass is 16.7. The molecule has 0 aromatic carbocycles. The summed E-state index contributed by atoms with van der Waals surface area (Å²) in [5.74, 6) is -4.90. The minimum absolute atomic E-state index is 0.0980. The summed E-state index contributed by atoms with van der Waals surface area (Å²) < 4.78 is 20.0. The summed E-state index contributed by atoms with van der Waals surface area (Å²) >= 11 is 0. The number of hydrogen-bond donors (Lipinski definition) is 0. The third-order valence-corrected chi connectivity index (χ3v) is 3.63. The van der Waals surface area contributed by atoms with Crippen molar-refractivity contribution in [2.24, 2.45) is 4.99 Å². The van der Waals surface area contributed by atoms with E-state index in [-0.39, 0.29) is 12.2 Å². The molecule has 0 saturated carbocycles. The molecule has 1 aliphatic rings. The molecule has 1 aliphatic heterocycles. The summed E-state index contributed by atoms with van der Waals surface area (Å²) in [5, 5.41) is 0. The molecule has 8 nitrogen and oxygen atoms in total. The molecule has 0 aromatic rings. The number of aliphatic imine (C=N–C) groups is 1. The minimum atomic E-state index is -1.92. The van der Waals surface area contributed by atoms with Gasteiger partial charge in [-0.3, -0.25) is 4.99 Å². The Morgan fingerprint density at radius 1 is 1.21 bits per heavy atom. The van der Waals surface area contributed by atoms with Crippen molar-refractivity contribution in [3.63, 3.8) is 0 Å². The van der Waals surface area contributed by atoms with Gasteiger partial charge in [-0.2, -0.15) is 0 Å². The molecule has 1 heterocycles. The van der Waals surface area contributed by atoms with Gasteiger partial charge in [0.1, 0.15) is 5.57 Å². The fourth-order valence-corrected chi connectivity index (χ4v) is 1.95. The Hall–Kier alpha value is -2.22. The third kappa shape index (κ3) is 3.81. The van der Waals surface area contributed by atoms with Gasteiger partial charge in [0.15, 0.2) is 5.57 Å². The predicted octanol–water partition coefficient (Wildman–Crippen LogP) is 1.18. The second kappa shape index (κ2) is 7.57. The lowest BCUT2D eigenvalue weighted by atomic mass is 10.0. The van der Waals surface area contributed by atoms with E-state index in [1.807, 2.05) is 20.8 Å². The SMILES string of the molecule is CCOC1(C=NC(C)(C)CC)OC(=O)C(C(=O)OC)=C1C(=O)OC. The number of carbonyl (C=O) groups excluding carboxylic acids is 3. The van der Waals surface area contributed by atoms with Crippen molar-refractivity contribution in [2.75, 3.05) is 20.8 Å². The van der Waals surface area contributed by atoms with Crippen molar-refractivity contribution in [2.45, 2.75) is 45.4 Å². The Bertz CT molecular complexity index is 591. The molecule has 0 radical (unpaired) electrons. The van der Waals surface area contributed by atoms with E-state index in [1.54, 1.807) is 6.92 Å². The smallest absolute Gasteiger partial charge is 0.349 e. The van der Waals surface area contributed by atoms with Crippen LogP contribution in [-0.4, -0.2) is 56.3 Å². The van der Waals surface area contributed by atoms with Gasteiger partial charge in [0, 0.05) is 6.61 Å². The summed E-state index contributed by atoms with van der Waals surface area (Å²) in [4.78, 5) is 40.6. The molecule has 1 unspecified atom stereocenters. The summed E-state index contributed by atoms with van der Waals surface area (Å²) in [6.45, 7) is 7.41. The van der Waals surface area contributed by atoms with Crippen molar-refractivity contribution < 1.29 is 33.3 Å². The van der Waals surface area contributed by atoms with Gasteiger partial charge in [0.25, 0.3) is 5.79 Å². The average Bonchev–Trinajstić information content (AvgIpc) is 2.84. The molecule has 1 atom stereocenters. The fraction of sp³-hybridized carbons (Fsp3) is 0.625. The van der Waals surface area contributed by atoms with Crippen molar-refractivity contribution >= 4 is 24.1 Å². The zero-order valence-corrected chi connectivity index (χ0v) is 14.8. The lowest BCUT2D eigenvalue weighted by Crippen LogP contribution is -2.41. The van der Waals surface area contributed by atoms with Crippen LogP contribution in [-0.2, 0) is 33.3 Å². The fourth-order valence-electron chi connectivity index (χ4n) is 1.95. The lowest BCUT2D eigenvalue weighted by Gasteiger charge is -2.27. The first-order valence-electron chi connectivity index (χ1n) is 7.53. The maximum Gasteiger partial charge on any atom is 0.349 e. The van der Waals surface area contributed by atoms with Gasteiger partial charge in [-0.1, -0.05) is 6.92 Å². The van der Waals surface area contributed by atoms with Crippen LogP contribution in [0.1, 0.15) is 34.1 Å². The summed E-state index contributed by atoms with van der Waals surface area (Å²) in [6.07, 6.45) is 1.92. The van der Waals surface area contributed by atoms with Gasteiger partial charge in [-0.15, -0.1) is 0 Å². The molecule has 0 fully saturated rings. The first-order valence-corrected chi connectivity index (χ1v) is 7.53. The lowest BCUT2D eigenvalue weighted by molar-refractivity contribution is -0.176. The van der Waals surface area contributed by atoms with Gasteiger partial charge < -0.3 is 18.9 Å². The van der Waals surface area contributed by atoms with E-state index in [4.69, 9.17) is 9.47 Å². The molecule has 24 heavy (non-hydrogen) atoms. The number of methoxy groups -OCH3 is 2. The zero-order chi connectivity index (χ0) is 18.5. The highest BCUT2D eigenvalue weighted by Crippen LogP contribution is 2.35. The Kier molecular flexibility index (Phi) is 6.25. The van der Waals surface area contributed by atoms with Crippen LogP contribution in [0.3, 0.4) is 0 Å². The van der Waals surface area contributed by atoms with Crippen LogP contribution in [0.25, 0.3) is 0 Å². The maximum absolute atomic E-state index is 12.2. The monoisotopic (exact) mass is 341 g/mol. The number of rotatable bonds is 7. The first kappa shape index (κ1) is 19.8. The Labute approximate surface area is 140 Å². The van der Waals surface area contributed by atoms with Crippen LogP contribution in [0.4, 0.5) is 0 Å². The summed E-state index contributed by atoms with van der Waals surface area (Å²) in [5.41, 5.74) is -1.41. The van der Waals surface area contributed by atoms with Crippen molar-refractivity contribution in [3.05, 3.63) is 11.1 Å². The van der Waals surface area contributed by atoms with Crippen molar-refractivity contribution in [1.82, 2.24) is 0 Å². The molecule has 134 valence electrons. The van der Waals surface area contributed by atoms with E-state index in [1.165, 1.54) is 6.21 Å². The number of cyclic esters (lactones) is 1. The van der Waals surface area contributed by atoms with Crippen LogP contribution in [0.2, 0.25) is 0 Å². The molecule has 0 amide bonds. The van der Waals surface area contributed by atoms with Crippen LogP contribution in [0.5, 0.6) is 0 Å². The number of hydrogen-bond acceptors (Lipinski definition) is 8. The van der Waals surface area contributed by atoms with Crippen molar-refractivity contribution in [1.29, 1.82) is 0 Å². The second-order valence-corrected chi connectivity index (χ2v) is 5.65. The van der Waals surface area contributed by atoms with E-state index in [2.05, 4.69) is 14.5 Å². The first-order chi connectivity index (χ1) is 11.2. The van der Waals surface area contributed by atoms with Crippen LogP contribution < -0.4 is 0 Å². The van der Waals surface area contributed by atoms with Gasteiger partial charge >= 0.3 is 17.9 Å². The van der Waals surface area contributed by atoms with E-state index in [9.17, 15) is 14.4 Å². The quantitative estimate of drug-likeness (QED) is 0.296. The van der Waals surface area contributed by atoms with Gasteiger partial charge in [-0.05, 0) is 27.2 Å². The van der Waals surface area contributed by atoms with E-state index in [0.29, 0.717) is 6.42 Å². The predicted molar refractivity (Wildman–Crippen MR) is 84.4 cm³/mol.